The summed E-state index contributed by atoms with van der Waals surface area (Å²) in [7, 11) is 3.25. The van der Waals surface area contributed by atoms with Crippen molar-refractivity contribution in [1.29, 1.82) is 0 Å². The first-order valence-corrected chi connectivity index (χ1v) is 8.53. The molecule has 0 heterocycles. The van der Waals surface area contributed by atoms with Gasteiger partial charge in [-0.05, 0) is 55.2 Å². The predicted octanol–water partition coefficient (Wildman–Crippen LogP) is 4.72. The molecule has 0 fully saturated rings. The molecular weight excluding hydrogens is 465 g/mol. The molecule has 0 aliphatic carbocycles. The normalized spacial score (nSPS) is 10.8. The molecule has 2 aromatic carbocycles. The lowest BCUT2D eigenvalue weighted by Gasteiger charge is -2.08. The maximum absolute atomic E-state index is 6.08. The van der Waals surface area contributed by atoms with Crippen molar-refractivity contribution in [3.05, 3.63) is 53.1 Å². The van der Waals surface area contributed by atoms with Gasteiger partial charge in [0.25, 0.3) is 0 Å². The van der Waals surface area contributed by atoms with Gasteiger partial charge in [-0.2, -0.15) is 0 Å². The molecule has 0 saturated carbocycles. The third-order valence-corrected chi connectivity index (χ3v) is 4.03. The Morgan fingerprint density at radius 3 is 2.42 bits per heavy atom. The van der Waals surface area contributed by atoms with E-state index in [-0.39, 0.29) is 24.0 Å². The number of unbranched alkanes of at least 4 members (excludes halogenated alkanes) is 1. The van der Waals surface area contributed by atoms with Crippen molar-refractivity contribution in [1.82, 2.24) is 0 Å². The number of guanidine groups is 1. The molecule has 7 heteroatoms. The van der Waals surface area contributed by atoms with Gasteiger partial charge in [0.05, 0.1) is 19.2 Å². The lowest BCUT2D eigenvalue weighted by Crippen LogP contribution is -2.22. The van der Waals surface area contributed by atoms with Crippen LogP contribution in [0.15, 0.2) is 47.5 Å². The lowest BCUT2D eigenvalue weighted by atomic mass is 10.1. The summed E-state index contributed by atoms with van der Waals surface area (Å²) < 4.78 is 10.3. The maximum Gasteiger partial charge on any atom is 0.193 e. The highest BCUT2D eigenvalue weighted by Gasteiger charge is 2.02. The van der Waals surface area contributed by atoms with Gasteiger partial charge in [0, 0.05) is 12.2 Å². The first-order chi connectivity index (χ1) is 12.1. The molecule has 0 radical (unpaired) electrons. The molecule has 26 heavy (non-hydrogen) atoms. The number of methoxy groups -OCH3 is 2. The molecule has 0 atom stereocenters. The Hall–Kier alpha value is -1.67. The second kappa shape index (κ2) is 11.9. The van der Waals surface area contributed by atoms with Crippen LogP contribution < -0.4 is 20.5 Å². The highest BCUT2D eigenvalue weighted by molar-refractivity contribution is 14.0. The summed E-state index contributed by atoms with van der Waals surface area (Å²) in [6, 6.07) is 13.5. The number of aryl methyl sites for hydroxylation is 1. The zero-order valence-electron chi connectivity index (χ0n) is 15.0. The molecule has 0 aromatic heterocycles. The Bertz CT molecular complexity index is 708. The number of nitrogens with two attached hydrogens (primary N) is 1. The standard InChI is InChI=1S/C19H24ClN3O2.HI/c1-24-16-9-6-14(7-10-16)5-3-4-12-22-19(21)23-15-8-11-18(25-2)17(20)13-15;/h6-11,13H,3-5,12H2,1-2H3,(H3,21,22,23);1H. The van der Waals surface area contributed by atoms with Gasteiger partial charge >= 0.3 is 0 Å². The minimum absolute atomic E-state index is 0. The topological polar surface area (TPSA) is 68.9 Å². The average molecular weight is 490 g/mol. The predicted molar refractivity (Wildman–Crippen MR) is 119 cm³/mol. The summed E-state index contributed by atoms with van der Waals surface area (Å²) in [5.74, 6) is 1.89. The van der Waals surface area contributed by atoms with Crippen LogP contribution in [0.2, 0.25) is 5.02 Å². The van der Waals surface area contributed by atoms with Crippen LogP contribution in [0.1, 0.15) is 18.4 Å². The van der Waals surface area contributed by atoms with Gasteiger partial charge in [-0.25, -0.2) is 0 Å². The van der Waals surface area contributed by atoms with Crippen molar-refractivity contribution in [2.24, 2.45) is 10.7 Å². The van der Waals surface area contributed by atoms with Gasteiger partial charge in [-0.15, -0.1) is 24.0 Å². The van der Waals surface area contributed by atoms with Crippen LogP contribution >= 0.6 is 35.6 Å². The zero-order chi connectivity index (χ0) is 18.1. The Balaban J connectivity index is 0.00000338. The monoisotopic (exact) mass is 489 g/mol. The number of benzene rings is 2. The van der Waals surface area contributed by atoms with Gasteiger partial charge in [0.2, 0.25) is 0 Å². The summed E-state index contributed by atoms with van der Waals surface area (Å²) in [5.41, 5.74) is 7.98. The number of halogens is 2. The van der Waals surface area contributed by atoms with Crippen LogP contribution in [0.4, 0.5) is 5.69 Å². The highest BCUT2D eigenvalue weighted by atomic mass is 127. The van der Waals surface area contributed by atoms with Crippen molar-refractivity contribution >= 4 is 47.2 Å². The molecule has 0 saturated heterocycles. The largest absolute Gasteiger partial charge is 0.497 e. The van der Waals surface area contributed by atoms with Crippen LogP contribution in [0.25, 0.3) is 0 Å². The molecule has 0 aliphatic heterocycles. The molecule has 0 bridgehead atoms. The molecule has 0 unspecified atom stereocenters. The average Bonchev–Trinajstić information content (AvgIpc) is 2.62. The number of hydrogen-bond donors (Lipinski definition) is 2. The molecule has 5 nitrogen and oxygen atoms in total. The number of ether oxygens (including phenoxy) is 2. The summed E-state index contributed by atoms with van der Waals surface area (Å²) in [4.78, 5) is 4.34. The van der Waals surface area contributed by atoms with Crippen molar-refractivity contribution in [2.75, 3.05) is 26.1 Å². The summed E-state index contributed by atoms with van der Waals surface area (Å²) in [6.45, 7) is 0.679. The van der Waals surface area contributed by atoms with Gasteiger partial charge < -0.3 is 20.5 Å². The summed E-state index contributed by atoms with van der Waals surface area (Å²) >= 11 is 6.08. The van der Waals surface area contributed by atoms with E-state index in [2.05, 4.69) is 22.4 Å². The Morgan fingerprint density at radius 2 is 1.81 bits per heavy atom. The quantitative estimate of drug-likeness (QED) is 0.244. The third-order valence-electron chi connectivity index (χ3n) is 3.74. The van der Waals surface area contributed by atoms with E-state index in [1.54, 1.807) is 26.4 Å². The van der Waals surface area contributed by atoms with Crippen LogP contribution in [0, 0.1) is 0 Å². The number of nitrogens with one attached hydrogen (secondary N) is 1. The third kappa shape index (κ3) is 7.29. The summed E-state index contributed by atoms with van der Waals surface area (Å²) in [5, 5.41) is 3.56. The van der Waals surface area contributed by atoms with Crippen molar-refractivity contribution in [3.8, 4) is 11.5 Å². The molecule has 0 spiro atoms. The van der Waals surface area contributed by atoms with E-state index in [0.717, 1.165) is 30.7 Å². The SMILES string of the molecule is COc1ccc(CCCCN=C(N)Nc2ccc(OC)c(Cl)c2)cc1.I. The lowest BCUT2D eigenvalue weighted by molar-refractivity contribution is 0.414. The number of rotatable bonds is 8. The van der Waals surface area contributed by atoms with Crippen LogP contribution in [-0.2, 0) is 6.42 Å². The van der Waals surface area contributed by atoms with E-state index < -0.39 is 0 Å². The molecule has 2 rings (SSSR count). The minimum Gasteiger partial charge on any atom is -0.497 e. The van der Waals surface area contributed by atoms with E-state index in [0.29, 0.717) is 23.3 Å². The molecule has 2 aromatic rings. The van der Waals surface area contributed by atoms with Crippen LogP contribution in [0.3, 0.4) is 0 Å². The Kier molecular flexibility index (Phi) is 10.2. The Morgan fingerprint density at radius 1 is 1.08 bits per heavy atom. The van der Waals surface area contributed by atoms with Crippen molar-refractivity contribution in [3.63, 3.8) is 0 Å². The molecule has 0 amide bonds. The van der Waals surface area contributed by atoms with E-state index in [4.69, 9.17) is 26.8 Å². The van der Waals surface area contributed by atoms with Crippen LogP contribution in [-0.4, -0.2) is 26.7 Å². The van der Waals surface area contributed by atoms with Crippen LogP contribution in [0.5, 0.6) is 11.5 Å². The first-order valence-electron chi connectivity index (χ1n) is 8.16. The smallest absolute Gasteiger partial charge is 0.193 e. The number of anilines is 1. The fourth-order valence-corrected chi connectivity index (χ4v) is 2.62. The van der Waals surface area contributed by atoms with Gasteiger partial charge in [0.1, 0.15) is 11.5 Å². The maximum atomic E-state index is 6.08. The second-order valence-corrected chi connectivity index (χ2v) is 5.95. The van der Waals surface area contributed by atoms with Gasteiger partial charge in [0.15, 0.2) is 5.96 Å². The fourth-order valence-electron chi connectivity index (χ4n) is 2.36. The highest BCUT2D eigenvalue weighted by Crippen LogP contribution is 2.27. The molecular formula is C19H25ClIN3O2. The van der Waals surface area contributed by atoms with E-state index in [9.17, 15) is 0 Å². The number of nitrogens with zero attached hydrogens (tertiary/aromatic N) is 1. The minimum atomic E-state index is 0. The van der Waals surface area contributed by atoms with Gasteiger partial charge in [-0.3, -0.25) is 4.99 Å². The van der Waals surface area contributed by atoms with E-state index in [1.165, 1.54) is 5.56 Å². The van der Waals surface area contributed by atoms with E-state index in [1.807, 2.05) is 18.2 Å². The fraction of sp³-hybridized carbons (Fsp3) is 0.316. The second-order valence-electron chi connectivity index (χ2n) is 5.55. The van der Waals surface area contributed by atoms with Crippen molar-refractivity contribution < 1.29 is 9.47 Å². The molecule has 0 aliphatic rings. The van der Waals surface area contributed by atoms with E-state index >= 15 is 0 Å². The number of hydrogen-bond acceptors (Lipinski definition) is 3. The Labute approximate surface area is 177 Å². The number of aliphatic imine (C=N–C) groups is 1. The zero-order valence-corrected chi connectivity index (χ0v) is 18.1. The van der Waals surface area contributed by atoms with Crippen molar-refractivity contribution in [2.45, 2.75) is 19.3 Å². The first kappa shape index (κ1) is 22.4. The molecule has 142 valence electrons. The summed E-state index contributed by atoms with van der Waals surface area (Å²) in [6.07, 6.45) is 3.04. The van der Waals surface area contributed by atoms with Gasteiger partial charge in [-0.1, -0.05) is 23.7 Å². The molecule has 3 N–H and O–H groups in total.